The first-order chi connectivity index (χ1) is 15.3. The van der Waals surface area contributed by atoms with E-state index >= 15 is 0 Å². The van der Waals surface area contributed by atoms with Gasteiger partial charge in [0.1, 0.15) is 11.4 Å². The number of carbonyl (C=O) groups is 3. The van der Waals surface area contributed by atoms with E-state index < -0.39 is 11.6 Å². The molecule has 2 aliphatic rings. The first kappa shape index (κ1) is 21.8. The molecule has 4 rings (SSSR count). The van der Waals surface area contributed by atoms with Gasteiger partial charge in [-0.05, 0) is 49.1 Å². The Morgan fingerprint density at radius 3 is 2.34 bits per heavy atom. The number of aromatic nitrogens is 1. The summed E-state index contributed by atoms with van der Waals surface area (Å²) in [5.41, 5.74) is 2.47. The second-order valence-corrected chi connectivity index (χ2v) is 8.57. The smallest absolute Gasteiger partial charge is 0.322 e. The van der Waals surface area contributed by atoms with Crippen molar-refractivity contribution in [3.63, 3.8) is 0 Å². The molecule has 0 unspecified atom stereocenters. The average Bonchev–Trinajstić information content (AvgIpc) is 3.07. The SMILES string of the molecule is CCC[C@]1(c2ccc(C(=O)N3CCN(c4ncc(C)cc4C)CC3)cc2)NC(=O)NC1=O. The van der Waals surface area contributed by atoms with E-state index in [2.05, 4.69) is 33.5 Å². The maximum absolute atomic E-state index is 13.1. The van der Waals surface area contributed by atoms with Crippen molar-refractivity contribution in [2.45, 2.75) is 39.2 Å². The fraction of sp³-hybridized carbons (Fsp3) is 0.417. The van der Waals surface area contributed by atoms with Crippen LogP contribution in [0.25, 0.3) is 0 Å². The summed E-state index contributed by atoms with van der Waals surface area (Å²) in [7, 11) is 0. The molecule has 32 heavy (non-hydrogen) atoms. The van der Waals surface area contributed by atoms with Gasteiger partial charge < -0.3 is 15.1 Å². The number of benzene rings is 1. The number of hydrogen-bond donors (Lipinski definition) is 2. The Morgan fingerprint density at radius 1 is 1.09 bits per heavy atom. The van der Waals surface area contributed by atoms with Crippen molar-refractivity contribution in [2.75, 3.05) is 31.1 Å². The highest BCUT2D eigenvalue weighted by Crippen LogP contribution is 2.30. The lowest BCUT2D eigenvalue weighted by Gasteiger charge is -2.36. The number of piperazine rings is 1. The van der Waals surface area contributed by atoms with E-state index in [1.54, 1.807) is 24.3 Å². The Kier molecular flexibility index (Phi) is 5.86. The number of nitrogens with zero attached hydrogens (tertiary/aromatic N) is 3. The number of pyridine rings is 1. The van der Waals surface area contributed by atoms with Crippen LogP contribution in [0.15, 0.2) is 36.5 Å². The Morgan fingerprint density at radius 2 is 1.78 bits per heavy atom. The summed E-state index contributed by atoms with van der Waals surface area (Å²) in [5.74, 6) is 0.596. The van der Waals surface area contributed by atoms with Crippen molar-refractivity contribution >= 4 is 23.7 Å². The van der Waals surface area contributed by atoms with E-state index in [9.17, 15) is 14.4 Å². The summed E-state index contributed by atoms with van der Waals surface area (Å²) in [6.07, 6.45) is 3.10. The number of anilines is 1. The number of amides is 4. The number of rotatable bonds is 5. The topological polar surface area (TPSA) is 94.6 Å². The molecule has 0 radical (unpaired) electrons. The molecule has 1 aromatic carbocycles. The van der Waals surface area contributed by atoms with Crippen LogP contribution in [0.5, 0.6) is 0 Å². The van der Waals surface area contributed by atoms with E-state index in [4.69, 9.17) is 0 Å². The molecule has 3 heterocycles. The maximum Gasteiger partial charge on any atom is 0.322 e. The molecule has 0 saturated carbocycles. The quantitative estimate of drug-likeness (QED) is 0.704. The molecule has 4 amide bonds. The van der Waals surface area contributed by atoms with Crippen molar-refractivity contribution in [2.24, 2.45) is 0 Å². The minimum atomic E-state index is -1.07. The molecule has 0 aliphatic carbocycles. The summed E-state index contributed by atoms with van der Waals surface area (Å²) in [6.45, 7) is 8.75. The summed E-state index contributed by atoms with van der Waals surface area (Å²) in [6, 6.07) is 8.66. The van der Waals surface area contributed by atoms with Crippen molar-refractivity contribution in [1.82, 2.24) is 20.5 Å². The van der Waals surface area contributed by atoms with Gasteiger partial charge in [0, 0.05) is 37.9 Å². The molecular weight excluding hydrogens is 406 g/mol. The van der Waals surface area contributed by atoms with Crippen LogP contribution in [-0.4, -0.2) is 53.9 Å². The van der Waals surface area contributed by atoms with Crippen LogP contribution in [0, 0.1) is 13.8 Å². The maximum atomic E-state index is 13.1. The fourth-order valence-electron chi connectivity index (χ4n) is 4.63. The summed E-state index contributed by atoms with van der Waals surface area (Å²) in [4.78, 5) is 45.9. The van der Waals surface area contributed by atoms with Gasteiger partial charge in [-0.15, -0.1) is 0 Å². The standard InChI is InChI=1S/C24H29N5O3/c1-4-9-24(22(31)26-23(32)27-24)19-7-5-18(6-8-19)21(30)29-12-10-28(11-13-29)20-17(3)14-16(2)15-25-20/h5-8,14-15H,4,9-13H2,1-3H3,(H2,26,27,31,32)/t24-/m1/s1. The highest BCUT2D eigenvalue weighted by atomic mass is 16.2. The van der Waals surface area contributed by atoms with Crippen LogP contribution in [0.2, 0.25) is 0 Å². The van der Waals surface area contributed by atoms with Gasteiger partial charge in [0.2, 0.25) is 0 Å². The third-order valence-corrected chi connectivity index (χ3v) is 6.25. The molecule has 2 N–H and O–H groups in total. The van der Waals surface area contributed by atoms with Crippen LogP contribution in [0.4, 0.5) is 10.6 Å². The minimum Gasteiger partial charge on any atom is -0.353 e. The van der Waals surface area contributed by atoms with Gasteiger partial charge in [-0.1, -0.05) is 31.5 Å². The fourth-order valence-corrected chi connectivity index (χ4v) is 4.63. The van der Waals surface area contributed by atoms with Crippen LogP contribution < -0.4 is 15.5 Å². The lowest BCUT2D eigenvalue weighted by Crippen LogP contribution is -2.49. The monoisotopic (exact) mass is 435 g/mol. The van der Waals surface area contributed by atoms with Crippen molar-refractivity contribution in [1.29, 1.82) is 0 Å². The van der Waals surface area contributed by atoms with Gasteiger partial charge in [-0.3, -0.25) is 14.9 Å². The van der Waals surface area contributed by atoms with Gasteiger partial charge in [0.05, 0.1) is 0 Å². The van der Waals surface area contributed by atoms with E-state index in [0.29, 0.717) is 30.6 Å². The highest BCUT2D eigenvalue weighted by Gasteiger charge is 2.46. The largest absolute Gasteiger partial charge is 0.353 e. The molecule has 2 saturated heterocycles. The molecule has 2 fully saturated rings. The lowest BCUT2D eigenvalue weighted by atomic mass is 9.85. The van der Waals surface area contributed by atoms with Gasteiger partial charge in [-0.2, -0.15) is 0 Å². The Hall–Kier alpha value is -3.42. The first-order valence-electron chi connectivity index (χ1n) is 11.1. The molecule has 1 atom stereocenters. The van der Waals surface area contributed by atoms with E-state index in [0.717, 1.165) is 36.5 Å². The van der Waals surface area contributed by atoms with Crippen molar-refractivity contribution in [3.05, 3.63) is 58.8 Å². The van der Waals surface area contributed by atoms with Crippen LogP contribution >= 0.6 is 0 Å². The number of aryl methyl sites for hydroxylation is 2. The Balaban J connectivity index is 1.44. The van der Waals surface area contributed by atoms with Gasteiger partial charge in [0.15, 0.2) is 0 Å². The third-order valence-electron chi connectivity index (χ3n) is 6.25. The summed E-state index contributed by atoms with van der Waals surface area (Å²) >= 11 is 0. The number of carbonyl (C=O) groups excluding carboxylic acids is 3. The third kappa shape index (κ3) is 3.92. The van der Waals surface area contributed by atoms with Gasteiger partial charge in [0.25, 0.3) is 11.8 Å². The minimum absolute atomic E-state index is 0.0331. The number of urea groups is 1. The predicted molar refractivity (Wildman–Crippen MR) is 122 cm³/mol. The van der Waals surface area contributed by atoms with Crippen molar-refractivity contribution in [3.8, 4) is 0 Å². The molecule has 8 nitrogen and oxygen atoms in total. The summed E-state index contributed by atoms with van der Waals surface area (Å²) < 4.78 is 0. The zero-order chi connectivity index (χ0) is 22.9. The Bertz CT molecular complexity index is 1040. The summed E-state index contributed by atoms with van der Waals surface area (Å²) in [5, 5.41) is 5.10. The van der Waals surface area contributed by atoms with Crippen LogP contribution in [0.3, 0.4) is 0 Å². The Labute approximate surface area is 188 Å². The molecule has 1 aromatic heterocycles. The van der Waals surface area contributed by atoms with Gasteiger partial charge in [-0.25, -0.2) is 9.78 Å². The first-order valence-corrected chi connectivity index (χ1v) is 11.1. The van der Waals surface area contributed by atoms with Gasteiger partial charge >= 0.3 is 6.03 Å². The van der Waals surface area contributed by atoms with Crippen LogP contribution in [0.1, 0.15) is 46.8 Å². The second-order valence-electron chi connectivity index (χ2n) is 8.57. The van der Waals surface area contributed by atoms with E-state index in [1.807, 2.05) is 24.9 Å². The van der Waals surface area contributed by atoms with Crippen LogP contribution in [-0.2, 0) is 10.3 Å². The molecule has 2 aliphatic heterocycles. The average molecular weight is 436 g/mol. The molecule has 0 bridgehead atoms. The molecule has 8 heteroatoms. The number of hydrogen-bond acceptors (Lipinski definition) is 5. The van der Waals surface area contributed by atoms with E-state index in [1.165, 1.54) is 0 Å². The zero-order valence-corrected chi connectivity index (χ0v) is 18.8. The normalized spacial score (nSPS) is 20.8. The molecule has 0 spiro atoms. The predicted octanol–water partition coefficient (Wildman–Crippen LogP) is 2.50. The highest BCUT2D eigenvalue weighted by molar-refractivity contribution is 6.07. The molecule has 2 aromatic rings. The van der Waals surface area contributed by atoms with E-state index in [-0.39, 0.29) is 11.8 Å². The van der Waals surface area contributed by atoms with Crippen molar-refractivity contribution < 1.29 is 14.4 Å². The number of imide groups is 1. The molecule has 168 valence electrons. The lowest BCUT2D eigenvalue weighted by molar-refractivity contribution is -0.124. The molecular formula is C24H29N5O3. The zero-order valence-electron chi connectivity index (χ0n) is 18.8. The number of nitrogens with one attached hydrogen (secondary N) is 2. The second kappa shape index (κ2) is 8.61.